The van der Waals surface area contributed by atoms with Crippen LogP contribution in [0.1, 0.15) is 0 Å². The monoisotopic (exact) mass is 843 g/mol. The molecule has 0 amide bonds. The van der Waals surface area contributed by atoms with Crippen LogP contribution in [0, 0.1) is 0 Å². The molecule has 66 heavy (non-hydrogen) atoms. The number of aromatic nitrogens is 5. The Morgan fingerprint density at radius 2 is 0.409 bits per heavy atom. The largest absolute Gasteiger partial charge is 0.228 e. The lowest BCUT2D eigenvalue weighted by atomic mass is 9.95. The standard InChI is InChI=1S/C61H41N5/c1-6-19-42(20-7-1)47-29-16-32-50(35-47)56-41-57(63-58(62-56)45-25-12-4-13-26-45)51-33-17-30-48(36-51)49-31-18-34-52(37-49)60-64-59(46-27-14-5-15-28-46)65-61(66-60)55-39-53(43-21-8-2-9-22-43)38-54(40-55)44-23-10-3-11-24-44/h1-41H. The van der Waals surface area contributed by atoms with Crippen LogP contribution in [0.5, 0.6) is 0 Å². The summed E-state index contributed by atoms with van der Waals surface area (Å²) in [7, 11) is 0. The summed E-state index contributed by atoms with van der Waals surface area (Å²) in [6.45, 7) is 0. The zero-order valence-electron chi connectivity index (χ0n) is 35.9. The molecule has 0 atom stereocenters. The molecule has 0 spiro atoms. The van der Waals surface area contributed by atoms with E-state index >= 15 is 0 Å². The minimum Gasteiger partial charge on any atom is -0.228 e. The van der Waals surface area contributed by atoms with Crippen molar-refractivity contribution in [3.05, 3.63) is 249 Å². The van der Waals surface area contributed by atoms with Crippen LogP contribution >= 0.6 is 0 Å². The molecule has 9 aromatic carbocycles. The van der Waals surface area contributed by atoms with E-state index in [1.807, 2.05) is 66.7 Å². The lowest BCUT2D eigenvalue weighted by molar-refractivity contribution is 1.07. The van der Waals surface area contributed by atoms with Crippen molar-refractivity contribution in [2.75, 3.05) is 0 Å². The SMILES string of the molecule is c1ccc(-c2cccc(-c3cc(-c4cccc(-c5cccc(-c6nc(-c7ccccc7)nc(-c7cc(-c8ccccc8)cc(-c8ccccc8)c7)n6)c5)c4)nc(-c4ccccc4)n3)c2)cc1. The van der Waals surface area contributed by atoms with Gasteiger partial charge < -0.3 is 0 Å². The molecule has 11 rings (SSSR count). The van der Waals surface area contributed by atoms with Crippen LogP contribution < -0.4 is 0 Å². The van der Waals surface area contributed by atoms with Crippen molar-refractivity contribution in [1.82, 2.24) is 24.9 Å². The van der Waals surface area contributed by atoms with Crippen molar-refractivity contribution in [1.29, 1.82) is 0 Å². The third-order valence-corrected chi connectivity index (χ3v) is 11.7. The summed E-state index contributed by atoms with van der Waals surface area (Å²) in [5.41, 5.74) is 16.2. The smallest absolute Gasteiger partial charge is 0.164 e. The zero-order valence-corrected chi connectivity index (χ0v) is 35.9. The second-order valence-electron chi connectivity index (χ2n) is 16.1. The molecular weight excluding hydrogens is 803 g/mol. The molecule has 2 aromatic heterocycles. The molecule has 5 nitrogen and oxygen atoms in total. The van der Waals surface area contributed by atoms with Gasteiger partial charge in [0.15, 0.2) is 23.3 Å². The summed E-state index contributed by atoms with van der Waals surface area (Å²) < 4.78 is 0. The number of hydrogen-bond acceptors (Lipinski definition) is 5. The van der Waals surface area contributed by atoms with E-state index in [1.54, 1.807) is 0 Å². The van der Waals surface area contributed by atoms with Gasteiger partial charge in [-0.25, -0.2) is 24.9 Å². The highest BCUT2D eigenvalue weighted by Crippen LogP contribution is 2.36. The highest BCUT2D eigenvalue weighted by Gasteiger charge is 2.17. The van der Waals surface area contributed by atoms with Gasteiger partial charge in [-0.1, -0.05) is 206 Å². The van der Waals surface area contributed by atoms with Crippen molar-refractivity contribution in [3.63, 3.8) is 0 Å². The lowest BCUT2D eigenvalue weighted by Gasteiger charge is -2.13. The quantitative estimate of drug-likeness (QED) is 0.137. The van der Waals surface area contributed by atoms with Crippen LogP contribution in [0.25, 0.3) is 113 Å². The number of benzene rings is 9. The van der Waals surface area contributed by atoms with Crippen LogP contribution in [-0.2, 0) is 0 Å². The Balaban J connectivity index is 1.00. The van der Waals surface area contributed by atoms with Crippen LogP contribution in [-0.4, -0.2) is 24.9 Å². The third-order valence-electron chi connectivity index (χ3n) is 11.7. The van der Waals surface area contributed by atoms with Gasteiger partial charge in [0, 0.05) is 33.4 Å². The van der Waals surface area contributed by atoms with E-state index in [2.05, 4.69) is 182 Å². The van der Waals surface area contributed by atoms with Gasteiger partial charge >= 0.3 is 0 Å². The van der Waals surface area contributed by atoms with E-state index in [0.29, 0.717) is 23.3 Å². The molecule has 0 fully saturated rings. The normalized spacial score (nSPS) is 11.0. The third kappa shape index (κ3) is 8.57. The maximum Gasteiger partial charge on any atom is 0.164 e. The van der Waals surface area contributed by atoms with Gasteiger partial charge in [0.05, 0.1) is 11.4 Å². The van der Waals surface area contributed by atoms with Crippen molar-refractivity contribution >= 4 is 0 Å². The summed E-state index contributed by atoms with van der Waals surface area (Å²) in [5.74, 6) is 2.47. The van der Waals surface area contributed by atoms with E-state index in [9.17, 15) is 0 Å². The molecule has 0 saturated heterocycles. The molecule has 0 radical (unpaired) electrons. The van der Waals surface area contributed by atoms with E-state index in [0.717, 1.165) is 89.3 Å². The van der Waals surface area contributed by atoms with E-state index in [-0.39, 0.29) is 0 Å². The second kappa shape index (κ2) is 18.0. The first-order valence-electron chi connectivity index (χ1n) is 22.1. The lowest BCUT2D eigenvalue weighted by Crippen LogP contribution is -2.00. The Hall–Kier alpha value is -8.93. The molecule has 0 saturated carbocycles. The van der Waals surface area contributed by atoms with E-state index in [4.69, 9.17) is 24.9 Å². The van der Waals surface area contributed by atoms with E-state index in [1.165, 1.54) is 0 Å². The zero-order chi connectivity index (χ0) is 44.1. The summed E-state index contributed by atoms with van der Waals surface area (Å²) in [6.07, 6.45) is 0. The maximum absolute atomic E-state index is 5.23. The minimum atomic E-state index is 0.592. The molecule has 11 aromatic rings. The summed E-state index contributed by atoms with van der Waals surface area (Å²) in [5, 5.41) is 0. The van der Waals surface area contributed by atoms with Gasteiger partial charge in [0.2, 0.25) is 0 Å². The summed E-state index contributed by atoms with van der Waals surface area (Å²) >= 11 is 0. The van der Waals surface area contributed by atoms with Crippen LogP contribution in [0.15, 0.2) is 249 Å². The number of rotatable bonds is 10. The summed E-state index contributed by atoms with van der Waals surface area (Å²) in [6, 6.07) is 85.9. The first-order valence-corrected chi connectivity index (χ1v) is 22.1. The Labute approximate surface area is 384 Å². The van der Waals surface area contributed by atoms with Gasteiger partial charge in [-0.15, -0.1) is 0 Å². The summed E-state index contributed by atoms with van der Waals surface area (Å²) in [4.78, 5) is 25.8. The highest BCUT2D eigenvalue weighted by molar-refractivity contribution is 5.82. The maximum atomic E-state index is 5.23. The molecule has 0 N–H and O–H groups in total. The molecular formula is C61H41N5. The molecule has 0 aliphatic rings. The number of nitrogens with zero attached hydrogens (tertiary/aromatic N) is 5. The van der Waals surface area contributed by atoms with Crippen molar-refractivity contribution in [3.8, 4) is 113 Å². The molecule has 5 heteroatoms. The molecule has 310 valence electrons. The Morgan fingerprint density at radius 1 is 0.152 bits per heavy atom. The second-order valence-corrected chi connectivity index (χ2v) is 16.1. The molecule has 0 bridgehead atoms. The molecule has 0 aliphatic heterocycles. The Bertz CT molecular complexity index is 3390. The Kier molecular flexibility index (Phi) is 10.9. The molecule has 0 aliphatic carbocycles. The van der Waals surface area contributed by atoms with Crippen LogP contribution in [0.3, 0.4) is 0 Å². The van der Waals surface area contributed by atoms with Gasteiger partial charge in [0.25, 0.3) is 0 Å². The predicted molar refractivity (Wildman–Crippen MR) is 270 cm³/mol. The van der Waals surface area contributed by atoms with Gasteiger partial charge in [-0.05, 0) is 87.0 Å². The average molecular weight is 844 g/mol. The van der Waals surface area contributed by atoms with Gasteiger partial charge in [-0.3, -0.25) is 0 Å². The predicted octanol–water partition coefficient (Wildman–Crippen LogP) is 15.3. The first kappa shape index (κ1) is 39.9. The fraction of sp³-hybridized carbons (Fsp3) is 0. The minimum absolute atomic E-state index is 0.592. The topological polar surface area (TPSA) is 64.5 Å². The van der Waals surface area contributed by atoms with Crippen LogP contribution in [0.2, 0.25) is 0 Å². The number of hydrogen-bond donors (Lipinski definition) is 0. The first-order chi connectivity index (χ1) is 32.7. The highest BCUT2D eigenvalue weighted by atomic mass is 15.0. The fourth-order valence-corrected chi connectivity index (χ4v) is 8.35. The molecule has 2 heterocycles. The Morgan fingerprint density at radius 3 is 0.848 bits per heavy atom. The average Bonchev–Trinajstić information content (AvgIpc) is 3.42. The van der Waals surface area contributed by atoms with Gasteiger partial charge in [-0.2, -0.15) is 0 Å². The van der Waals surface area contributed by atoms with Crippen LogP contribution in [0.4, 0.5) is 0 Å². The van der Waals surface area contributed by atoms with Crippen molar-refractivity contribution < 1.29 is 0 Å². The van der Waals surface area contributed by atoms with E-state index < -0.39 is 0 Å². The molecule has 0 unspecified atom stereocenters. The van der Waals surface area contributed by atoms with Crippen molar-refractivity contribution in [2.45, 2.75) is 0 Å². The van der Waals surface area contributed by atoms with Crippen molar-refractivity contribution in [2.24, 2.45) is 0 Å². The fourth-order valence-electron chi connectivity index (χ4n) is 8.35. The van der Waals surface area contributed by atoms with Gasteiger partial charge in [0.1, 0.15) is 0 Å².